The molecule has 0 aliphatic carbocycles. The van der Waals surface area contributed by atoms with Crippen LogP contribution in [0.1, 0.15) is 12.2 Å². The number of halogens is 2. The normalized spacial score (nSPS) is 16.2. The minimum Gasteiger partial charge on any atom is -0.459 e. The van der Waals surface area contributed by atoms with E-state index >= 15 is 0 Å². The molecule has 2 amide bonds. The molecule has 0 saturated carbocycles. The lowest BCUT2D eigenvalue weighted by molar-refractivity contribution is 0.207. The van der Waals surface area contributed by atoms with Crippen molar-refractivity contribution in [2.75, 3.05) is 13.1 Å². The Morgan fingerprint density at radius 2 is 1.90 bits per heavy atom. The minimum absolute atomic E-state index is 0.0478. The maximum Gasteiger partial charge on any atom is 0.317 e. The van der Waals surface area contributed by atoms with Gasteiger partial charge in [0.2, 0.25) is 0 Å². The van der Waals surface area contributed by atoms with Gasteiger partial charge in [-0.2, -0.15) is 0 Å². The number of hydrogen-bond acceptors (Lipinski definition) is 3. The number of likely N-dealkylation sites (tertiary alicyclic amines) is 1. The highest BCUT2D eigenvalue weighted by atomic mass is 79.9. The van der Waals surface area contributed by atoms with E-state index in [1.807, 2.05) is 65.2 Å². The monoisotopic (exact) mass is 490 g/mol. The number of hydrogen-bond donors (Lipinski definition) is 1. The number of thioether (sulfide) groups is 1. The van der Waals surface area contributed by atoms with Crippen molar-refractivity contribution in [3.63, 3.8) is 0 Å². The first kappa shape index (κ1) is 20.4. The SMILES string of the molecule is O=C(NCc1ccc(-c2ccc(Cl)cc2)o1)N1CCC(Sc2ccc(Br)cc2)C1. The molecule has 0 bridgehead atoms. The molecule has 1 unspecified atom stereocenters. The van der Waals surface area contributed by atoms with E-state index in [0.29, 0.717) is 16.8 Å². The van der Waals surface area contributed by atoms with Crippen molar-refractivity contribution in [1.82, 2.24) is 10.2 Å². The van der Waals surface area contributed by atoms with E-state index in [1.165, 1.54) is 4.90 Å². The molecule has 1 atom stereocenters. The average molecular weight is 492 g/mol. The van der Waals surface area contributed by atoms with Gasteiger partial charge in [0.15, 0.2) is 0 Å². The summed E-state index contributed by atoms with van der Waals surface area (Å²) in [6.07, 6.45) is 0.996. The minimum atomic E-state index is -0.0478. The number of carbonyl (C=O) groups excluding carboxylic acids is 1. The lowest BCUT2D eigenvalue weighted by atomic mass is 10.2. The van der Waals surface area contributed by atoms with Gasteiger partial charge < -0.3 is 14.6 Å². The number of nitrogens with one attached hydrogen (secondary N) is 1. The van der Waals surface area contributed by atoms with Gasteiger partial charge in [-0.3, -0.25) is 0 Å². The topological polar surface area (TPSA) is 45.5 Å². The summed E-state index contributed by atoms with van der Waals surface area (Å²) in [5.74, 6) is 1.49. The Hall–Kier alpha value is -1.89. The molecule has 1 N–H and O–H groups in total. The largest absolute Gasteiger partial charge is 0.459 e. The second-order valence-electron chi connectivity index (χ2n) is 6.86. The summed E-state index contributed by atoms with van der Waals surface area (Å²) in [7, 11) is 0. The third kappa shape index (κ3) is 5.38. The lowest BCUT2D eigenvalue weighted by Crippen LogP contribution is -2.38. The smallest absolute Gasteiger partial charge is 0.317 e. The number of amides is 2. The van der Waals surface area contributed by atoms with Gasteiger partial charge in [-0.15, -0.1) is 11.8 Å². The molecule has 2 aromatic carbocycles. The Morgan fingerprint density at radius 3 is 2.66 bits per heavy atom. The Labute approximate surface area is 187 Å². The lowest BCUT2D eigenvalue weighted by Gasteiger charge is -2.17. The quantitative estimate of drug-likeness (QED) is 0.447. The van der Waals surface area contributed by atoms with Crippen molar-refractivity contribution in [3.8, 4) is 11.3 Å². The molecule has 7 heteroatoms. The fraction of sp³-hybridized carbons (Fsp3) is 0.227. The van der Waals surface area contributed by atoms with Gasteiger partial charge in [0.1, 0.15) is 11.5 Å². The molecule has 1 aromatic heterocycles. The van der Waals surface area contributed by atoms with Crippen molar-refractivity contribution >= 4 is 45.3 Å². The molecule has 3 aromatic rings. The predicted molar refractivity (Wildman–Crippen MR) is 121 cm³/mol. The zero-order valence-electron chi connectivity index (χ0n) is 15.6. The van der Waals surface area contributed by atoms with Crippen LogP contribution in [0, 0.1) is 0 Å². The molecule has 1 aliphatic rings. The van der Waals surface area contributed by atoms with Crippen LogP contribution >= 0.6 is 39.3 Å². The molecule has 1 saturated heterocycles. The molecule has 2 heterocycles. The first-order chi connectivity index (χ1) is 14.1. The van der Waals surface area contributed by atoms with E-state index in [9.17, 15) is 4.79 Å². The molecule has 4 rings (SSSR count). The maximum atomic E-state index is 12.5. The second-order valence-corrected chi connectivity index (χ2v) is 9.59. The highest BCUT2D eigenvalue weighted by molar-refractivity contribution is 9.10. The van der Waals surface area contributed by atoms with E-state index in [0.717, 1.165) is 41.1 Å². The fourth-order valence-corrected chi connectivity index (χ4v) is 4.78. The summed E-state index contributed by atoms with van der Waals surface area (Å²) in [4.78, 5) is 15.6. The second kappa shape index (κ2) is 9.28. The van der Waals surface area contributed by atoms with Crippen LogP contribution in [0.25, 0.3) is 11.3 Å². The number of furan rings is 1. The van der Waals surface area contributed by atoms with Gasteiger partial charge in [-0.1, -0.05) is 27.5 Å². The van der Waals surface area contributed by atoms with Crippen LogP contribution in [0.3, 0.4) is 0 Å². The first-order valence-corrected chi connectivity index (χ1v) is 11.4. The third-order valence-electron chi connectivity index (χ3n) is 4.75. The van der Waals surface area contributed by atoms with Gasteiger partial charge >= 0.3 is 6.03 Å². The van der Waals surface area contributed by atoms with Crippen LogP contribution < -0.4 is 5.32 Å². The third-order valence-corrected chi connectivity index (χ3v) is 6.80. The molecule has 1 fully saturated rings. The summed E-state index contributed by atoms with van der Waals surface area (Å²) in [6.45, 7) is 1.89. The van der Waals surface area contributed by atoms with Crippen LogP contribution in [0.2, 0.25) is 5.02 Å². The van der Waals surface area contributed by atoms with Crippen molar-refractivity contribution in [3.05, 3.63) is 75.9 Å². The number of benzene rings is 2. The predicted octanol–water partition coefficient (Wildman–Crippen LogP) is 6.44. The zero-order chi connectivity index (χ0) is 20.2. The van der Waals surface area contributed by atoms with E-state index < -0.39 is 0 Å². The molecule has 0 radical (unpaired) electrons. The molecule has 1 aliphatic heterocycles. The van der Waals surface area contributed by atoms with Crippen LogP contribution in [-0.2, 0) is 6.54 Å². The zero-order valence-corrected chi connectivity index (χ0v) is 18.8. The fourth-order valence-electron chi connectivity index (χ4n) is 3.23. The average Bonchev–Trinajstić information content (AvgIpc) is 3.38. The summed E-state index contributed by atoms with van der Waals surface area (Å²) < 4.78 is 6.92. The van der Waals surface area contributed by atoms with E-state index in [-0.39, 0.29) is 6.03 Å². The summed E-state index contributed by atoms with van der Waals surface area (Å²) >= 11 is 11.2. The highest BCUT2D eigenvalue weighted by Crippen LogP contribution is 2.30. The van der Waals surface area contributed by atoms with Crippen molar-refractivity contribution in [2.24, 2.45) is 0 Å². The first-order valence-electron chi connectivity index (χ1n) is 9.36. The van der Waals surface area contributed by atoms with Crippen molar-refractivity contribution < 1.29 is 9.21 Å². The van der Waals surface area contributed by atoms with Gasteiger partial charge in [-0.05, 0) is 67.1 Å². The van der Waals surface area contributed by atoms with Crippen LogP contribution in [0.5, 0.6) is 0 Å². The number of urea groups is 1. The Balaban J connectivity index is 1.27. The van der Waals surface area contributed by atoms with E-state index in [4.69, 9.17) is 16.0 Å². The van der Waals surface area contributed by atoms with Gasteiger partial charge in [0.25, 0.3) is 0 Å². The summed E-state index contributed by atoms with van der Waals surface area (Å²) in [5, 5.41) is 4.07. The summed E-state index contributed by atoms with van der Waals surface area (Å²) in [6, 6.07) is 19.5. The van der Waals surface area contributed by atoms with Gasteiger partial charge in [-0.25, -0.2) is 4.79 Å². The van der Waals surface area contributed by atoms with Crippen molar-refractivity contribution in [1.29, 1.82) is 0 Å². The Bertz CT molecular complexity index is 975. The molecule has 4 nitrogen and oxygen atoms in total. The van der Waals surface area contributed by atoms with E-state index in [2.05, 4.69) is 33.4 Å². The number of carbonyl (C=O) groups is 1. The Morgan fingerprint density at radius 1 is 1.14 bits per heavy atom. The Kier molecular flexibility index (Phi) is 6.53. The van der Waals surface area contributed by atoms with Crippen molar-refractivity contribution in [2.45, 2.75) is 23.1 Å². The molecule has 0 spiro atoms. The van der Waals surface area contributed by atoms with Crippen LogP contribution in [0.4, 0.5) is 4.79 Å². The standard InChI is InChI=1S/C22H20BrClN2O2S/c23-16-3-8-19(9-4-16)29-20-11-12-26(14-20)22(27)25-13-18-7-10-21(28-18)15-1-5-17(24)6-2-15/h1-10,20H,11-14H2,(H,25,27). The highest BCUT2D eigenvalue weighted by Gasteiger charge is 2.27. The van der Waals surface area contributed by atoms with E-state index in [1.54, 1.807) is 0 Å². The van der Waals surface area contributed by atoms with Gasteiger partial charge in [0.05, 0.1) is 6.54 Å². The number of rotatable bonds is 5. The van der Waals surface area contributed by atoms with Gasteiger partial charge in [0, 0.05) is 38.3 Å². The molecular weight excluding hydrogens is 472 g/mol. The maximum absolute atomic E-state index is 12.5. The summed E-state index contributed by atoms with van der Waals surface area (Å²) in [5.41, 5.74) is 0.958. The molecule has 150 valence electrons. The molecule has 29 heavy (non-hydrogen) atoms. The van der Waals surface area contributed by atoms with Crippen LogP contribution in [-0.4, -0.2) is 29.3 Å². The van der Waals surface area contributed by atoms with Crippen LogP contribution in [0.15, 0.2) is 74.4 Å². The molecular formula is C22H20BrClN2O2S. The number of nitrogens with zero attached hydrogens (tertiary/aromatic N) is 1.